The van der Waals surface area contributed by atoms with Crippen LogP contribution in [-0.2, 0) is 9.84 Å². The molecule has 0 spiro atoms. The average Bonchev–Trinajstić information content (AvgIpc) is 2.70. The molecule has 1 aliphatic heterocycles. The van der Waals surface area contributed by atoms with Crippen LogP contribution < -0.4 is 10.6 Å². The summed E-state index contributed by atoms with van der Waals surface area (Å²) >= 11 is 1.06. The predicted molar refractivity (Wildman–Crippen MR) is 62.5 cm³/mol. The molecule has 1 atom stereocenters. The Labute approximate surface area is 97.8 Å². The molecule has 0 bridgehead atoms. The summed E-state index contributed by atoms with van der Waals surface area (Å²) in [7, 11) is -3.38. The molecule has 8 heteroatoms. The highest BCUT2D eigenvalue weighted by molar-refractivity contribution is 7.91. The first-order valence-electron chi connectivity index (χ1n) is 4.78. The highest BCUT2D eigenvalue weighted by Crippen LogP contribution is 2.36. The minimum absolute atomic E-state index is 0.0453. The number of nitrogen functional groups attached to an aromatic ring is 1. The van der Waals surface area contributed by atoms with Crippen molar-refractivity contribution in [2.45, 2.75) is 17.4 Å². The molecule has 0 saturated carbocycles. The van der Waals surface area contributed by atoms with Crippen molar-refractivity contribution in [1.29, 1.82) is 0 Å². The van der Waals surface area contributed by atoms with Crippen molar-refractivity contribution in [3.63, 3.8) is 0 Å². The number of β-amino-alcohol motifs (C(OH)–C–C–N with tert-alkyl or cyclic N) is 1. The van der Waals surface area contributed by atoms with Gasteiger partial charge in [-0.05, 0) is 18.0 Å². The van der Waals surface area contributed by atoms with E-state index in [4.69, 9.17) is 5.73 Å². The van der Waals surface area contributed by atoms with Crippen molar-refractivity contribution in [3.05, 3.63) is 0 Å². The van der Waals surface area contributed by atoms with Gasteiger partial charge in [0.15, 0.2) is 15.7 Å². The Kier molecular flexibility index (Phi) is 2.81. The maximum absolute atomic E-state index is 11.6. The van der Waals surface area contributed by atoms with Crippen molar-refractivity contribution >= 4 is 32.2 Å². The van der Waals surface area contributed by atoms with Crippen LogP contribution in [0.3, 0.4) is 0 Å². The van der Waals surface area contributed by atoms with Gasteiger partial charge < -0.3 is 15.7 Å². The number of aliphatic hydroxyl groups excluding tert-OH is 1. The Morgan fingerprint density at radius 1 is 1.62 bits per heavy atom. The van der Waals surface area contributed by atoms with Crippen molar-refractivity contribution < 1.29 is 13.5 Å². The third kappa shape index (κ3) is 2.00. The molecular weight excluding hydrogens is 250 g/mol. The summed E-state index contributed by atoms with van der Waals surface area (Å²) in [5.74, 6) is 0.0453. The lowest BCUT2D eigenvalue weighted by atomic mass is 10.3. The van der Waals surface area contributed by atoms with Gasteiger partial charge in [-0.15, -0.1) is 0 Å². The smallest absolute Gasteiger partial charge is 0.182 e. The molecule has 16 heavy (non-hydrogen) atoms. The molecule has 0 aliphatic carbocycles. The fraction of sp³-hybridized carbons (Fsp3) is 0.625. The van der Waals surface area contributed by atoms with E-state index in [1.165, 1.54) is 0 Å². The Morgan fingerprint density at radius 2 is 2.31 bits per heavy atom. The van der Waals surface area contributed by atoms with Crippen LogP contribution in [0.1, 0.15) is 6.42 Å². The highest BCUT2D eigenvalue weighted by Gasteiger charge is 2.29. The number of aliphatic hydroxyl groups is 1. The maximum atomic E-state index is 11.6. The SMILES string of the molecule is CS(=O)(=O)c1c(N)nsc1N1CCC(O)C1. The number of anilines is 2. The van der Waals surface area contributed by atoms with Crippen molar-refractivity contribution in [1.82, 2.24) is 4.37 Å². The number of rotatable bonds is 2. The van der Waals surface area contributed by atoms with Gasteiger partial charge in [-0.25, -0.2) is 8.42 Å². The van der Waals surface area contributed by atoms with E-state index >= 15 is 0 Å². The summed E-state index contributed by atoms with van der Waals surface area (Å²) < 4.78 is 27.0. The van der Waals surface area contributed by atoms with Gasteiger partial charge in [0.25, 0.3) is 0 Å². The van der Waals surface area contributed by atoms with Crippen LogP contribution in [0.4, 0.5) is 10.8 Å². The number of sulfone groups is 1. The lowest BCUT2D eigenvalue weighted by molar-refractivity contribution is 0.198. The Bertz CT molecular complexity index is 497. The lowest BCUT2D eigenvalue weighted by Gasteiger charge is -2.16. The molecule has 2 heterocycles. The second kappa shape index (κ2) is 3.86. The van der Waals surface area contributed by atoms with Crippen molar-refractivity contribution in [2.75, 3.05) is 30.0 Å². The molecule has 1 aromatic rings. The Hall–Kier alpha value is -0.860. The number of nitrogens with zero attached hydrogens (tertiary/aromatic N) is 2. The van der Waals surface area contributed by atoms with E-state index in [2.05, 4.69) is 4.37 Å². The first kappa shape index (κ1) is 11.6. The zero-order chi connectivity index (χ0) is 11.9. The van der Waals surface area contributed by atoms with Crippen molar-refractivity contribution in [3.8, 4) is 0 Å². The molecule has 90 valence electrons. The Balaban J connectivity index is 2.43. The highest BCUT2D eigenvalue weighted by atomic mass is 32.2. The standard InChI is InChI=1S/C8H13N3O3S2/c1-16(13,14)6-7(9)10-15-8(6)11-3-2-5(12)4-11/h5,12H,2-4H2,1H3,(H2,9,10). The number of hydrogen-bond acceptors (Lipinski definition) is 7. The van der Waals surface area contributed by atoms with E-state index in [0.29, 0.717) is 24.5 Å². The normalized spacial score (nSPS) is 21.6. The number of hydrogen-bond donors (Lipinski definition) is 2. The fourth-order valence-corrected chi connectivity index (χ4v) is 4.00. The average molecular weight is 263 g/mol. The summed E-state index contributed by atoms with van der Waals surface area (Å²) in [6.07, 6.45) is 1.35. The largest absolute Gasteiger partial charge is 0.391 e. The van der Waals surface area contributed by atoms with E-state index in [-0.39, 0.29) is 10.7 Å². The molecule has 0 amide bonds. The quantitative estimate of drug-likeness (QED) is 0.760. The second-order valence-electron chi connectivity index (χ2n) is 3.86. The van der Waals surface area contributed by atoms with Crippen LogP contribution in [0.15, 0.2) is 4.90 Å². The second-order valence-corrected chi connectivity index (χ2v) is 6.57. The van der Waals surface area contributed by atoms with Crippen LogP contribution in [-0.4, -0.2) is 43.3 Å². The van der Waals surface area contributed by atoms with E-state index < -0.39 is 15.9 Å². The first-order chi connectivity index (χ1) is 7.39. The molecule has 6 nitrogen and oxygen atoms in total. The van der Waals surface area contributed by atoms with Crippen LogP contribution in [0.5, 0.6) is 0 Å². The van der Waals surface area contributed by atoms with E-state index in [1.54, 1.807) is 0 Å². The zero-order valence-electron chi connectivity index (χ0n) is 8.75. The third-order valence-corrected chi connectivity index (χ3v) is 4.68. The van der Waals surface area contributed by atoms with Gasteiger partial charge >= 0.3 is 0 Å². The monoisotopic (exact) mass is 263 g/mol. The molecule has 3 N–H and O–H groups in total. The van der Waals surface area contributed by atoms with Crippen LogP contribution >= 0.6 is 11.5 Å². The molecule has 1 aromatic heterocycles. The predicted octanol–water partition coefficient (Wildman–Crippen LogP) is -0.300. The van der Waals surface area contributed by atoms with E-state index in [0.717, 1.165) is 17.8 Å². The molecule has 1 saturated heterocycles. The minimum Gasteiger partial charge on any atom is -0.391 e. The lowest BCUT2D eigenvalue weighted by Crippen LogP contribution is -2.22. The fourth-order valence-electron chi connectivity index (χ4n) is 1.76. The molecule has 1 fully saturated rings. The molecule has 0 aromatic carbocycles. The summed E-state index contributed by atoms with van der Waals surface area (Å²) in [6, 6.07) is 0. The molecule has 1 unspecified atom stereocenters. The first-order valence-corrected chi connectivity index (χ1v) is 7.44. The van der Waals surface area contributed by atoms with Crippen LogP contribution in [0, 0.1) is 0 Å². The van der Waals surface area contributed by atoms with Crippen LogP contribution in [0.2, 0.25) is 0 Å². The summed E-state index contributed by atoms with van der Waals surface area (Å²) in [5, 5.41) is 9.96. The van der Waals surface area contributed by atoms with Gasteiger partial charge in [-0.3, -0.25) is 0 Å². The third-order valence-electron chi connectivity index (χ3n) is 2.48. The van der Waals surface area contributed by atoms with E-state index in [1.807, 2.05) is 4.90 Å². The number of nitrogens with two attached hydrogens (primary N) is 1. The van der Waals surface area contributed by atoms with Crippen molar-refractivity contribution in [2.24, 2.45) is 0 Å². The minimum atomic E-state index is -3.38. The summed E-state index contributed by atoms with van der Waals surface area (Å²) in [5.41, 5.74) is 5.56. The number of aromatic nitrogens is 1. The van der Waals surface area contributed by atoms with Gasteiger partial charge in [-0.1, -0.05) is 0 Å². The van der Waals surface area contributed by atoms with Gasteiger partial charge in [0, 0.05) is 19.3 Å². The maximum Gasteiger partial charge on any atom is 0.182 e. The van der Waals surface area contributed by atoms with Gasteiger partial charge in [0.2, 0.25) is 0 Å². The summed E-state index contributed by atoms with van der Waals surface area (Å²) in [4.78, 5) is 1.90. The topological polar surface area (TPSA) is 96.5 Å². The van der Waals surface area contributed by atoms with Gasteiger partial charge in [0.1, 0.15) is 9.90 Å². The van der Waals surface area contributed by atoms with Gasteiger partial charge in [-0.2, -0.15) is 4.37 Å². The molecule has 0 radical (unpaired) electrons. The zero-order valence-corrected chi connectivity index (χ0v) is 10.4. The molecular formula is C8H13N3O3S2. The van der Waals surface area contributed by atoms with E-state index in [9.17, 15) is 13.5 Å². The Morgan fingerprint density at radius 3 is 2.81 bits per heavy atom. The molecule has 2 rings (SSSR count). The van der Waals surface area contributed by atoms with Gasteiger partial charge in [0.05, 0.1) is 6.10 Å². The van der Waals surface area contributed by atoms with Crippen LogP contribution in [0.25, 0.3) is 0 Å². The summed E-state index contributed by atoms with van der Waals surface area (Å²) in [6.45, 7) is 1.06. The molecule has 1 aliphatic rings.